The predicted octanol–water partition coefficient (Wildman–Crippen LogP) is 2.96. The van der Waals surface area contributed by atoms with Gasteiger partial charge in [-0.1, -0.05) is 25.1 Å². The lowest BCUT2D eigenvalue weighted by molar-refractivity contribution is -0.132. The molecule has 1 aliphatic heterocycles. The van der Waals surface area contributed by atoms with Crippen LogP contribution in [0.3, 0.4) is 0 Å². The second-order valence-corrected chi connectivity index (χ2v) is 6.78. The van der Waals surface area contributed by atoms with Gasteiger partial charge in [-0.05, 0) is 32.3 Å². The highest BCUT2D eigenvalue weighted by molar-refractivity contribution is 5.78. The zero-order valence-corrected chi connectivity index (χ0v) is 15.6. The normalized spacial score (nSPS) is 15.2. The van der Waals surface area contributed by atoms with Crippen molar-refractivity contribution in [3.05, 3.63) is 47.3 Å². The third-order valence-electron chi connectivity index (χ3n) is 4.99. The molecule has 1 saturated heterocycles. The van der Waals surface area contributed by atoms with Crippen molar-refractivity contribution in [3.63, 3.8) is 0 Å². The molecule has 26 heavy (non-hydrogen) atoms. The van der Waals surface area contributed by atoms with E-state index in [4.69, 9.17) is 4.74 Å². The van der Waals surface area contributed by atoms with Crippen LogP contribution in [0.15, 0.2) is 30.5 Å². The van der Waals surface area contributed by atoms with Gasteiger partial charge in [-0.2, -0.15) is 5.10 Å². The Kier molecular flexibility index (Phi) is 6.28. The highest BCUT2D eigenvalue weighted by Gasteiger charge is 2.20. The number of aromatic nitrogens is 2. The van der Waals surface area contributed by atoms with E-state index in [0.717, 1.165) is 61.5 Å². The number of hydrogen-bond acceptors (Lipinski definition) is 4. The smallest absolute Gasteiger partial charge is 0.260 e. The molecule has 6 nitrogen and oxygen atoms in total. The Morgan fingerprint density at radius 1 is 1.35 bits per heavy atom. The quantitative estimate of drug-likeness (QED) is 0.763. The van der Waals surface area contributed by atoms with E-state index in [9.17, 15) is 4.79 Å². The van der Waals surface area contributed by atoms with Crippen LogP contribution < -0.4 is 10.1 Å². The molecule has 6 heteroatoms. The van der Waals surface area contributed by atoms with Crippen molar-refractivity contribution < 1.29 is 9.53 Å². The van der Waals surface area contributed by atoms with Crippen LogP contribution in [-0.2, 0) is 11.3 Å². The number of aryl methyl sites for hydroxylation is 1. The van der Waals surface area contributed by atoms with Crippen molar-refractivity contribution in [1.82, 2.24) is 20.4 Å². The SMILES string of the molecule is CCC(NCc1cn[nH]c1C)c1ccccc1OCC(=O)N1CCCC1. The van der Waals surface area contributed by atoms with E-state index in [1.807, 2.05) is 36.2 Å². The second-order valence-electron chi connectivity index (χ2n) is 6.78. The first kappa shape index (κ1) is 18.5. The van der Waals surface area contributed by atoms with Crippen molar-refractivity contribution in [2.24, 2.45) is 0 Å². The summed E-state index contributed by atoms with van der Waals surface area (Å²) in [5.74, 6) is 0.857. The molecule has 0 radical (unpaired) electrons. The maximum atomic E-state index is 12.3. The number of carbonyl (C=O) groups is 1. The van der Waals surface area contributed by atoms with Crippen molar-refractivity contribution in [2.45, 2.75) is 45.7 Å². The maximum absolute atomic E-state index is 12.3. The first-order valence-electron chi connectivity index (χ1n) is 9.40. The lowest BCUT2D eigenvalue weighted by Gasteiger charge is -2.21. The second kappa shape index (κ2) is 8.85. The van der Waals surface area contributed by atoms with Crippen LogP contribution >= 0.6 is 0 Å². The number of ether oxygens (including phenoxy) is 1. The molecular formula is C20H28N4O2. The highest BCUT2D eigenvalue weighted by Crippen LogP contribution is 2.27. The number of nitrogens with one attached hydrogen (secondary N) is 2. The third kappa shape index (κ3) is 4.43. The Bertz CT molecular complexity index is 722. The molecule has 1 aromatic heterocycles. The number of nitrogens with zero attached hydrogens (tertiary/aromatic N) is 2. The fourth-order valence-electron chi connectivity index (χ4n) is 3.36. The summed E-state index contributed by atoms with van der Waals surface area (Å²) in [7, 11) is 0. The molecule has 2 N–H and O–H groups in total. The molecule has 140 valence electrons. The summed E-state index contributed by atoms with van der Waals surface area (Å²) in [6.45, 7) is 6.72. The monoisotopic (exact) mass is 356 g/mol. The van der Waals surface area contributed by atoms with Crippen LogP contribution in [0.2, 0.25) is 0 Å². The number of H-pyrrole nitrogens is 1. The van der Waals surface area contributed by atoms with E-state index in [-0.39, 0.29) is 18.6 Å². The van der Waals surface area contributed by atoms with Crippen molar-refractivity contribution in [1.29, 1.82) is 0 Å². The van der Waals surface area contributed by atoms with E-state index in [1.165, 1.54) is 0 Å². The summed E-state index contributed by atoms with van der Waals surface area (Å²) in [4.78, 5) is 14.2. The van der Waals surface area contributed by atoms with Gasteiger partial charge in [0.05, 0.1) is 6.20 Å². The van der Waals surface area contributed by atoms with Gasteiger partial charge in [-0.3, -0.25) is 9.89 Å². The molecule has 1 unspecified atom stereocenters. The van der Waals surface area contributed by atoms with Crippen molar-refractivity contribution in [3.8, 4) is 5.75 Å². The summed E-state index contributed by atoms with van der Waals surface area (Å²) in [5, 5.41) is 10.6. The van der Waals surface area contributed by atoms with Crippen LogP contribution in [0.4, 0.5) is 0 Å². The highest BCUT2D eigenvalue weighted by atomic mass is 16.5. The topological polar surface area (TPSA) is 70.2 Å². The standard InChI is InChI=1S/C20H28N4O2/c1-3-18(21-12-16-13-22-23-15(16)2)17-8-4-5-9-19(17)26-14-20(25)24-10-6-7-11-24/h4-5,8-9,13,18,21H,3,6-7,10-12,14H2,1-2H3,(H,22,23). The van der Waals surface area contributed by atoms with E-state index < -0.39 is 0 Å². The van der Waals surface area contributed by atoms with Gasteiger partial charge in [0, 0.05) is 42.5 Å². The van der Waals surface area contributed by atoms with E-state index in [0.29, 0.717) is 0 Å². The van der Waals surface area contributed by atoms with Gasteiger partial charge in [0.15, 0.2) is 6.61 Å². The number of amides is 1. The van der Waals surface area contributed by atoms with E-state index >= 15 is 0 Å². The van der Waals surface area contributed by atoms with Crippen LogP contribution in [0.1, 0.15) is 49.0 Å². The van der Waals surface area contributed by atoms with Crippen molar-refractivity contribution >= 4 is 5.91 Å². The maximum Gasteiger partial charge on any atom is 0.260 e. The average Bonchev–Trinajstić information content (AvgIpc) is 3.33. The number of hydrogen-bond donors (Lipinski definition) is 2. The fraction of sp³-hybridized carbons (Fsp3) is 0.500. The minimum absolute atomic E-state index is 0.0762. The summed E-state index contributed by atoms with van der Waals surface area (Å²) in [6.07, 6.45) is 4.97. The molecule has 3 rings (SSSR count). The largest absolute Gasteiger partial charge is 0.483 e. The first-order valence-corrected chi connectivity index (χ1v) is 9.40. The van der Waals surface area contributed by atoms with Gasteiger partial charge in [0.25, 0.3) is 5.91 Å². The zero-order chi connectivity index (χ0) is 18.4. The first-order chi connectivity index (χ1) is 12.7. The fourth-order valence-corrected chi connectivity index (χ4v) is 3.36. The minimum Gasteiger partial charge on any atom is -0.483 e. The zero-order valence-electron chi connectivity index (χ0n) is 15.6. The van der Waals surface area contributed by atoms with Crippen molar-refractivity contribution in [2.75, 3.05) is 19.7 Å². The molecule has 0 saturated carbocycles. The van der Waals surface area contributed by atoms with Crippen LogP contribution in [0.25, 0.3) is 0 Å². The molecule has 1 amide bonds. The van der Waals surface area contributed by atoms with E-state index in [2.05, 4.69) is 28.5 Å². The Hall–Kier alpha value is -2.34. The molecule has 1 aliphatic rings. The summed E-state index contributed by atoms with van der Waals surface area (Å²) in [6, 6.07) is 8.13. The van der Waals surface area contributed by atoms with Crippen LogP contribution in [0.5, 0.6) is 5.75 Å². The minimum atomic E-state index is 0.0762. The molecule has 0 aliphatic carbocycles. The van der Waals surface area contributed by atoms with Gasteiger partial charge >= 0.3 is 0 Å². The Morgan fingerprint density at radius 2 is 2.12 bits per heavy atom. The summed E-state index contributed by atoms with van der Waals surface area (Å²) in [5.41, 5.74) is 3.32. The number of carbonyl (C=O) groups excluding carboxylic acids is 1. The number of benzene rings is 1. The van der Waals surface area contributed by atoms with E-state index in [1.54, 1.807) is 0 Å². The Balaban J connectivity index is 1.64. The molecule has 1 aromatic carbocycles. The number of aromatic amines is 1. The predicted molar refractivity (Wildman–Crippen MR) is 101 cm³/mol. The molecule has 1 atom stereocenters. The van der Waals surface area contributed by atoms with Gasteiger partial charge in [-0.25, -0.2) is 0 Å². The summed E-state index contributed by atoms with van der Waals surface area (Å²) < 4.78 is 5.91. The molecular weight excluding hydrogens is 328 g/mol. The average molecular weight is 356 g/mol. The molecule has 0 spiro atoms. The lowest BCUT2D eigenvalue weighted by atomic mass is 10.0. The van der Waals surface area contributed by atoms with Crippen LogP contribution in [-0.4, -0.2) is 40.7 Å². The Morgan fingerprint density at radius 3 is 2.81 bits per heavy atom. The molecule has 2 aromatic rings. The van der Waals surface area contributed by atoms with Crippen LogP contribution in [0, 0.1) is 6.92 Å². The number of rotatable bonds is 8. The Labute approximate surface area is 154 Å². The van der Waals surface area contributed by atoms with Gasteiger partial charge in [0.2, 0.25) is 0 Å². The number of para-hydroxylation sites is 1. The van der Waals surface area contributed by atoms with Gasteiger partial charge in [0.1, 0.15) is 5.75 Å². The summed E-state index contributed by atoms with van der Waals surface area (Å²) >= 11 is 0. The van der Waals surface area contributed by atoms with Gasteiger partial charge in [-0.15, -0.1) is 0 Å². The lowest BCUT2D eigenvalue weighted by Crippen LogP contribution is -2.32. The molecule has 2 heterocycles. The number of likely N-dealkylation sites (tertiary alicyclic amines) is 1. The third-order valence-corrected chi connectivity index (χ3v) is 4.99. The molecule has 1 fully saturated rings. The van der Waals surface area contributed by atoms with Gasteiger partial charge < -0.3 is 15.0 Å². The molecule has 0 bridgehead atoms.